The SMILES string of the molecule is COC(=O)CC(C)NC(=O)c1ccc(CN)cc1. The van der Waals surface area contributed by atoms with Gasteiger partial charge in [0.05, 0.1) is 13.5 Å². The van der Waals surface area contributed by atoms with Crippen LogP contribution in [0.15, 0.2) is 24.3 Å². The molecule has 0 aliphatic rings. The van der Waals surface area contributed by atoms with Crippen LogP contribution in [-0.4, -0.2) is 25.0 Å². The van der Waals surface area contributed by atoms with Gasteiger partial charge in [-0.3, -0.25) is 9.59 Å². The Kier molecular flexibility index (Phi) is 5.32. The number of esters is 1. The molecular weight excluding hydrogens is 232 g/mol. The summed E-state index contributed by atoms with van der Waals surface area (Å²) in [5, 5.41) is 2.73. The number of nitrogens with one attached hydrogen (secondary N) is 1. The zero-order valence-electron chi connectivity index (χ0n) is 10.6. The van der Waals surface area contributed by atoms with Gasteiger partial charge in [-0.1, -0.05) is 12.1 Å². The number of benzene rings is 1. The zero-order chi connectivity index (χ0) is 13.5. The summed E-state index contributed by atoms with van der Waals surface area (Å²) in [4.78, 5) is 22.9. The van der Waals surface area contributed by atoms with Crippen LogP contribution in [0.1, 0.15) is 29.3 Å². The van der Waals surface area contributed by atoms with Crippen LogP contribution in [-0.2, 0) is 16.1 Å². The van der Waals surface area contributed by atoms with Crippen LogP contribution in [0.5, 0.6) is 0 Å². The number of nitrogens with two attached hydrogens (primary N) is 1. The summed E-state index contributed by atoms with van der Waals surface area (Å²) >= 11 is 0. The van der Waals surface area contributed by atoms with Crippen LogP contribution in [0.4, 0.5) is 0 Å². The molecule has 0 radical (unpaired) electrons. The molecule has 18 heavy (non-hydrogen) atoms. The van der Waals surface area contributed by atoms with E-state index >= 15 is 0 Å². The van der Waals surface area contributed by atoms with Gasteiger partial charge in [0.15, 0.2) is 0 Å². The lowest BCUT2D eigenvalue weighted by molar-refractivity contribution is -0.141. The van der Waals surface area contributed by atoms with Crippen LogP contribution >= 0.6 is 0 Å². The maximum absolute atomic E-state index is 11.8. The molecule has 0 saturated heterocycles. The number of hydrogen-bond acceptors (Lipinski definition) is 4. The third-order valence-electron chi connectivity index (χ3n) is 2.53. The van der Waals surface area contributed by atoms with Gasteiger partial charge in [-0.25, -0.2) is 0 Å². The lowest BCUT2D eigenvalue weighted by Crippen LogP contribution is -2.34. The van der Waals surface area contributed by atoms with Gasteiger partial charge in [-0.2, -0.15) is 0 Å². The molecule has 0 saturated carbocycles. The third kappa shape index (κ3) is 4.18. The minimum atomic E-state index is -0.346. The lowest BCUT2D eigenvalue weighted by atomic mass is 10.1. The first-order chi connectivity index (χ1) is 8.56. The van der Waals surface area contributed by atoms with Crippen LogP contribution in [0.3, 0.4) is 0 Å². The summed E-state index contributed by atoms with van der Waals surface area (Å²) in [5.74, 6) is -0.559. The molecule has 98 valence electrons. The van der Waals surface area contributed by atoms with Gasteiger partial charge in [-0.05, 0) is 24.6 Å². The molecule has 0 aliphatic carbocycles. The Morgan fingerprint density at radius 3 is 2.44 bits per heavy atom. The van der Waals surface area contributed by atoms with Crippen LogP contribution in [0.2, 0.25) is 0 Å². The van der Waals surface area contributed by atoms with E-state index in [1.807, 2.05) is 0 Å². The molecule has 0 fully saturated rings. The van der Waals surface area contributed by atoms with Crippen molar-refractivity contribution in [3.8, 4) is 0 Å². The van der Waals surface area contributed by atoms with Crippen molar-refractivity contribution in [1.82, 2.24) is 5.32 Å². The first-order valence-corrected chi connectivity index (χ1v) is 5.73. The molecule has 1 rings (SSSR count). The van der Waals surface area contributed by atoms with Crippen molar-refractivity contribution in [2.24, 2.45) is 5.73 Å². The van der Waals surface area contributed by atoms with Crippen molar-refractivity contribution in [1.29, 1.82) is 0 Å². The predicted octanol–water partition coefficient (Wildman–Crippen LogP) is 0.827. The molecule has 1 amide bonds. The second-order valence-corrected chi connectivity index (χ2v) is 4.06. The molecular formula is C13H18N2O3. The molecule has 0 aromatic heterocycles. The maximum Gasteiger partial charge on any atom is 0.307 e. The summed E-state index contributed by atoms with van der Waals surface area (Å²) in [5.41, 5.74) is 6.99. The minimum Gasteiger partial charge on any atom is -0.469 e. The second-order valence-electron chi connectivity index (χ2n) is 4.06. The van der Waals surface area contributed by atoms with Crippen LogP contribution < -0.4 is 11.1 Å². The standard InChI is InChI=1S/C13H18N2O3/c1-9(7-12(16)18-2)15-13(17)11-5-3-10(8-14)4-6-11/h3-6,9H,7-8,14H2,1-2H3,(H,15,17). The highest BCUT2D eigenvalue weighted by Gasteiger charge is 2.13. The molecule has 1 unspecified atom stereocenters. The van der Waals surface area contributed by atoms with E-state index in [1.54, 1.807) is 31.2 Å². The van der Waals surface area contributed by atoms with Crippen LogP contribution in [0, 0.1) is 0 Å². The summed E-state index contributed by atoms with van der Waals surface area (Å²) in [7, 11) is 1.32. The highest BCUT2D eigenvalue weighted by molar-refractivity contribution is 5.94. The topological polar surface area (TPSA) is 81.4 Å². The number of amides is 1. The van der Waals surface area contributed by atoms with Crippen molar-refractivity contribution in [3.05, 3.63) is 35.4 Å². The Morgan fingerprint density at radius 2 is 1.94 bits per heavy atom. The van der Waals surface area contributed by atoms with Crippen LogP contribution in [0.25, 0.3) is 0 Å². The Morgan fingerprint density at radius 1 is 1.33 bits per heavy atom. The van der Waals surface area contributed by atoms with E-state index < -0.39 is 0 Å². The van der Waals surface area contributed by atoms with Crippen molar-refractivity contribution < 1.29 is 14.3 Å². The number of carbonyl (C=O) groups is 2. The van der Waals surface area contributed by atoms with E-state index in [-0.39, 0.29) is 24.3 Å². The molecule has 5 heteroatoms. The average Bonchev–Trinajstić information content (AvgIpc) is 2.38. The second kappa shape index (κ2) is 6.76. The van der Waals surface area contributed by atoms with E-state index in [0.717, 1.165) is 5.56 Å². The smallest absolute Gasteiger partial charge is 0.307 e. The van der Waals surface area contributed by atoms with E-state index in [0.29, 0.717) is 12.1 Å². The molecule has 0 bridgehead atoms. The fraction of sp³-hybridized carbons (Fsp3) is 0.385. The Hall–Kier alpha value is -1.88. The summed E-state index contributed by atoms with van der Waals surface area (Å²) in [6.07, 6.45) is 0.156. The summed E-state index contributed by atoms with van der Waals surface area (Å²) < 4.78 is 4.53. The van der Waals surface area contributed by atoms with E-state index in [1.165, 1.54) is 7.11 Å². The van der Waals surface area contributed by atoms with Gasteiger partial charge >= 0.3 is 5.97 Å². The van der Waals surface area contributed by atoms with Gasteiger partial charge < -0.3 is 15.8 Å². The molecule has 3 N–H and O–H groups in total. The van der Waals surface area contributed by atoms with Gasteiger partial charge in [-0.15, -0.1) is 0 Å². The summed E-state index contributed by atoms with van der Waals surface area (Å²) in [6.45, 7) is 2.20. The van der Waals surface area contributed by atoms with Gasteiger partial charge in [0.1, 0.15) is 0 Å². The quantitative estimate of drug-likeness (QED) is 0.758. The monoisotopic (exact) mass is 250 g/mol. The maximum atomic E-state index is 11.8. The molecule has 1 aromatic carbocycles. The lowest BCUT2D eigenvalue weighted by Gasteiger charge is -2.12. The van der Waals surface area contributed by atoms with Gasteiger partial charge in [0.2, 0.25) is 0 Å². The predicted molar refractivity (Wildman–Crippen MR) is 67.9 cm³/mol. The first-order valence-electron chi connectivity index (χ1n) is 5.73. The Labute approximate surface area is 106 Å². The number of carbonyl (C=O) groups excluding carboxylic acids is 2. The molecule has 0 heterocycles. The van der Waals surface area contributed by atoms with Gasteiger partial charge in [0.25, 0.3) is 5.91 Å². The number of hydrogen-bond donors (Lipinski definition) is 2. The number of methoxy groups -OCH3 is 1. The average molecular weight is 250 g/mol. The van der Waals surface area contributed by atoms with E-state index in [4.69, 9.17) is 5.73 Å². The van der Waals surface area contributed by atoms with Crippen molar-refractivity contribution >= 4 is 11.9 Å². The molecule has 1 atom stereocenters. The normalized spacial score (nSPS) is 11.7. The summed E-state index contributed by atoms with van der Waals surface area (Å²) in [6, 6.07) is 6.77. The first kappa shape index (κ1) is 14.2. The number of ether oxygens (including phenoxy) is 1. The highest BCUT2D eigenvalue weighted by Crippen LogP contribution is 2.04. The fourth-order valence-corrected chi connectivity index (χ4v) is 1.48. The Balaban J connectivity index is 2.56. The van der Waals surface area contributed by atoms with Crippen molar-refractivity contribution in [2.45, 2.75) is 25.9 Å². The molecule has 1 aromatic rings. The minimum absolute atomic E-state index is 0.156. The zero-order valence-corrected chi connectivity index (χ0v) is 10.6. The largest absolute Gasteiger partial charge is 0.469 e. The molecule has 0 aliphatic heterocycles. The third-order valence-corrected chi connectivity index (χ3v) is 2.53. The van der Waals surface area contributed by atoms with E-state index in [9.17, 15) is 9.59 Å². The molecule has 5 nitrogen and oxygen atoms in total. The van der Waals surface area contributed by atoms with Gasteiger partial charge in [0, 0.05) is 18.2 Å². The van der Waals surface area contributed by atoms with Crippen molar-refractivity contribution in [3.63, 3.8) is 0 Å². The number of rotatable bonds is 5. The fourth-order valence-electron chi connectivity index (χ4n) is 1.48. The van der Waals surface area contributed by atoms with E-state index in [2.05, 4.69) is 10.1 Å². The molecule has 0 spiro atoms. The highest BCUT2D eigenvalue weighted by atomic mass is 16.5. The Bertz CT molecular complexity index is 415. The van der Waals surface area contributed by atoms with Crippen molar-refractivity contribution in [2.75, 3.05) is 7.11 Å².